The highest BCUT2D eigenvalue weighted by Gasteiger charge is 2.14. The number of aromatic nitrogens is 1. The number of nitrogens with one attached hydrogen (secondary N) is 1. The normalized spacial score (nSPS) is 10.9. The molecule has 1 amide bonds. The van der Waals surface area contributed by atoms with E-state index < -0.39 is 0 Å². The Kier molecular flexibility index (Phi) is 7.38. The van der Waals surface area contributed by atoms with Crippen molar-refractivity contribution in [1.29, 1.82) is 0 Å². The van der Waals surface area contributed by atoms with E-state index in [1.54, 1.807) is 23.4 Å². The monoisotopic (exact) mass is 472 g/mol. The third-order valence-corrected chi connectivity index (χ3v) is 6.56. The molecule has 6 heteroatoms. The minimum absolute atomic E-state index is 0.0790. The van der Waals surface area contributed by atoms with Gasteiger partial charge in [-0.3, -0.25) is 14.2 Å². The molecule has 0 saturated carbocycles. The second kappa shape index (κ2) is 10.6. The van der Waals surface area contributed by atoms with E-state index in [9.17, 15) is 9.59 Å². The van der Waals surface area contributed by atoms with Crippen molar-refractivity contribution < 1.29 is 9.53 Å². The second-order valence-corrected chi connectivity index (χ2v) is 9.13. The Hall–Kier alpha value is -3.51. The molecule has 4 aromatic rings. The summed E-state index contributed by atoms with van der Waals surface area (Å²) in [6, 6.07) is 23.5. The van der Waals surface area contributed by atoms with Crippen molar-refractivity contribution in [2.75, 3.05) is 18.7 Å². The van der Waals surface area contributed by atoms with Gasteiger partial charge in [-0.1, -0.05) is 35.9 Å². The summed E-state index contributed by atoms with van der Waals surface area (Å²) >= 11 is 1.61. The van der Waals surface area contributed by atoms with Crippen molar-refractivity contribution in [2.24, 2.45) is 0 Å². The predicted octanol–water partition coefficient (Wildman–Crippen LogP) is 5.46. The van der Waals surface area contributed by atoms with Gasteiger partial charge < -0.3 is 10.1 Å². The van der Waals surface area contributed by atoms with Gasteiger partial charge >= 0.3 is 0 Å². The van der Waals surface area contributed by atoms with Crippen LogP contribution >= 0.6 is 11.8 Å². The summed E-state index contributed by atoms with van der Waals surface area (Å²) in [7, 11) is 1.59. The molecular weight excluding hydrogens is 444 g/mol. The van der Waals surface area contributed by atoms with E-state index in [0.717, 1.165) is 16.7 Å². The van der Waals surface area contributed by atoms with Crippen molar-refractivity contribution in [2.45, 2.75) is 31.2 Å². The zero-order valence-corrected chi connectivity index (χ0v) is 20.4. The summed E-state index contributed by atoms with van der Waals surface area (Å²) in [5, 5.41) is 3.82. The van der Waals surface area contributed by atoms with Crippen LogP contribution in [0.15, 0.2) is 82.5 Å². The summed E-state index contributed by atoms with van der Waals surface area (Å²) in [6.07, 6.45) is 3.34. The minimum Gasteiger partial charge on any atom is -0.497 e. The Balaban J connectivity index is 1.66. The standard InChI is InChI=1S/C28H28N2O3S/c1-19-7-9-20(10-8-19)11-12-22-15-21-13-14-24(33-2)17-26(21)30(28(22)32)18-27(31)29-23-5-4-6-25(16-23)34-3/h4-10,13-17H,11-12,18H2,1-3H3,(H,29,31). The third-order valence-electron chi connectivity index (χ3n) is 5.84. The first-order valence-corrected chi connectivity index (χ1v) is 12.4. The summed E-state index contributed by atoms with van der Waals surface area (Å²) in [5.74, 6) is 0.390. The van der Waals surface area contributed by atoms with Gasteiger partial charge in [0.2, 0.25) is 5.91 Å². The van der Waals surface area contributed by atoms with Crippen LogP contribution in [0.25, 0.3) is 10.9 Å². The van der Waals surface area contributed by atoms with Gasteiger partial charge in [-0.2, -0.15) is 0 Å². The molecule has 0 aliphatic rings. The van der Waals surface area contributed by atoms with Gasteiger partial charge in [-0.15, -0.1) is 11.8 Å². The quantitative estimate of drug-likeness (QED) is 0.346. The van der Waals surface area contributed by atoms with Gasteiger partial charge in [0.05, 0.1) is 12.6 Å². The summed E-state index contributed by atoms with van der Waals surface area (Å²) in [5.41, 5.74) is 4.31. The number of carbonyl (C=O) groups is 1. The summed E-state index contributed by atoms with van der Waals surface area (Å²) in [4.78, 5) is 27.5. The Bertz CT molecular complexity index is 1380. The number of benzene rings is 3. The molecule has 174 valence electrons. The first-order chi connectivity index (χ1) is 16.5. The van der Waals surface area contributed by atoms with Crippen LogP contribution in [0.2, 0.25) is 0 Å². The largest absolute Gasteiger partial charge is 0.497 e. The minimum atomic E-state index is -0.250. The van der Waals surface area contributed by atoms with Gasteiger partial charge in [0.1, 0.15) is 12.3 Å². The highest BCUT2D eigenvalue weighted by Crippen LogP contribution is 2.22. The molecule has 3 aromatic carbocycles. The summed E-state index contributed by atoms with van der Waals surface area (Å²) < 4.78 is 6.92. The van der Waals surface area contributed by atoms with Gasteiger partial charge in [0.15, 0.2) is 0 Å². The van der Waals surface area contributed by atoms with Crippen LogP contribution in [0.3, 0.4) is 0 Å². The number of fused-ring (bicyclic) bond motifs is 1. The van der Waals surface area contributed by atoms with Crippen LogP contribution in [-0.4, -0.2) is 23.8 Å². The number of amides is 1. The maximum Gasteiger partial charge on any atom is 0.254 e. The third kappa shape index (κ3) is 5.51. The number of aryl methyl sites for hydroxylation is 3. The molecule has 0 aliphatic heterocycles. The molecule has 0 aliphatic carbocycles. The number of hydrogen-bond donors (Lipinski definition) is 1. The second-order valence-electron chi connectivity index (χ2n) is 8.25. The van der Waals surface area contributed by atoms with Crippen molar-refractivity contribution in [3.05, 3.63) is 99.8 Å². The highest BCUT2D eigenvalue weighted by atomic mass is 32.2. The Morgan fingerprint density at radius 2 is 1.79 bits per heavy atom. The number of rotatable bonds is 8. The lowest BCUT2D eigenvalue weighted by molar-refractivity contribution is -0.116. The molecule has 0 saturated heterocycles. The molecule has 0 bridgehead atoms. The fraction of sp³-hybridized carbons (Fsp3) is 0.214. The van der Waals surface area contributed by atoms with E-state index in [1.165, 1.54) is 11.1 Å². The molecule has 0 radical (unpaired) electrons. The maximum absolute atomic E-state index is 13.5. The van der Waals surface area contributed by atoms with Crippen LogP contribution in [0, 0.1) is 6.92 Å². The van der Waals surface area contributed by atoms with E-state index in [0.29, 0.717) is 28.9 Å². The Labute approximate surface area is 203 Å². The van der Waals surface area contributed by atoms with E-state index in [4.69, 9.17) is 4.74 Å². The number of methoxy groups -OCH3 is 1. The average molecular weight is 473 g/mol. The molecule has 4 rings (SSSR count). The fourth-order valence-electron chi connectivity index (χ4n) is 3.95. The van der Waals surface area contributed by atoms with Gasteiger partial charge in [0.25, 0.3) is 5.56 Å². The van der Waals surface area contributed by atoms with Crippen molar-refractivity contribution in [3.8, 4) is 5.75 Å². The topological polar surface area (TPSA) is 60.3 Å². The molecule has 0 unspecified atom stereocenters. The van der Waals surface area contributed by atoms with E-state index in [2.05, 4.69) is 36.5 Å². The Morgan fingerprint density at radius 3 is 2.53 bits per heavy atom. The molecule has 34 heavy (non-hydrogen) atoms. The SMILES string of the molecule is COc1ccc2cc(CCc3ccc(C)cc3)c(=O)n(CC(=O)Nc3cccc(SC)c3)c2c1. The molecule has 1 N–H and O–H groups in total. The van der Waals surface area contributed by atoms with Gasteiger partial charge in [0, 0.05) is 22.2 Å². The van der Waals surface area contributed by atoms with Crippen LogP contribution in [-0.2, 0) is 24.2 Å². The van der Waals surface area contributed by atoms with Crippen LogP contribution in [0.1, 0.15) is 16.7 Å². The molecule has 0 fully saturated rings. The average Bonchev–Trinajstić information content (AvgIpc) is 2.85. The highest BCUT2D eigenvalue weighted by molar-refractivity contribution is 7.98. The Morgan fingerprint density at radius 1 is 1.00 bits per heavy atom. The zero-order chi connectivity index (χ0) is 24.1. The lowest BCUT2D eigenvalue weighted by Gasteiger charge is -2.14. The predicted molar refractivity (Wildman–Crippen MR) is 140 cm³/mol. The van der Waals surface area contributed by atoms with E-state index in [-0.39, 0.29) is 18.0 Å². The molecule has 1 heterocycles. The lowest BCUT2D eigenvalue weighted by atomic mass is 10.0. The molecule has 0 atom stereocenters. The van der Waals surface area contributed by atoms with Gasteiger partial charge in [-0.25, -0.2) is 0 Å². The number of hydrogen-bond acceptors (Lipinski definition) is 4. The maximum atomic E-state index is 13.5. The van der Waals surface area contributed by atoms with Crippen LogP contribution in [0.5, 0.6) is 5.75 Å². The summed E-state index contributed by atoms with van der Waals surface area (Å²) in [6.45, 7) is 1.98. The van der Waals surface area contributed by atoms with Gasteiger partial charge in [-0.05, 0) is 73.4 Å². The number of anilines is 1. The first kappa shape index (κ1) is 23.6. The lowest BCUT2D eigenvalue weighted by Crippen LogP contribution is -2.30. The van der Waals surface area contributed by atoms with Crippen LogP contribution < -0.4 is 15.6 Å². The smallest absolute Gasteiger partial charge is 0.254 e. The van der Waals surface area contributed by atoms with Crippen molar-refractivity contribution >= 4 is 34.3 Å². The fourth-order valence-corrected chi connectivity index (χ4v) is 4.41. The number of carbonyl (C=O) groups excluding carboxylic acids is 1. The molecule has 1 aromatic heterocycles. The number of nitrogens with zero attached hydrogens (tertiary/aromatic N) is 1. The zero-order valence-electron chi connectivity index (χ0n) is 19.6. The molecule has 0 spiro atoms. The number of thioether (sulfide) groups is 1. The number of pyridine rings is 1. The van der Waals surface area contributed by atoms with E-state index in [1.807, 2.05) is 54.8 Å². The van der Waals surface area contributed by atoms with E-state index >= 15 is 0 Å². The van der Waals surface area contributed by atoms with Crippen molar-refractivity contribution in [3.63, 3.8) is 0 Å². The number of ether oxygens (including phenoxy) is 1. The molecular formula is C28H28N2O3S. The first-order valence-electron chi connectivity index (χ1n) is 11.2. The van der Waals surface area contributed by atoms with Crippen molar-refractivity contribution in [1.82, 2.24) is 4.57 Å². The molecule has 5 nitrogen and oxygen atoms in total. The van der Waals surface area contributed by atoms with Crippen LogP contribution in [0.4, 0.5) is 5.69 Å².